The lowest BCUT2D eigenvalue weighted by molar-refractivity contribution is 0.142. The minimum absolute atomic E-state index is 0.134. The molecule has 0 radical (unpaired) electrons. The first-order valence-electron chi connectivity index (χ1n) is 9.24. The number of benzene rings is 2. The summed E-state index contributed by atoms with van der Waals surface area (Å²) in [5.74, 6) is 1.04. The second kappa shape index (κ2) is 7.61. The maximum Gasteiger partial charge on any atom is 0.322 e. The second-order valence-corrected chi connectivity index (χ2v) is 6.83. The average molecular weight is 362 g/mol. The number of nitrogens with one attached hydrogen (secondary N) is 1. The van der Waals surface area contributed by atoms with E-state index < -0.39 is 0 Å². The molecule has 1 fully saturated rings. The van der Waals surface area contributed by atoms with Crippen LogP contribution < -0.4 is 5.32 Å². The standard InChI is InChI=1S/C21H22N4O2/c1-15-8-7-11-17(14-15)22-21(26)25-13-6-5-12-18(25)20-23-19(24-27-20)16-9-3-2-4-10-16/h2-4,7-11,14,18H,5-6,12-13H2,1H3,(H,22,26). The van der Waals surface area contributed by atoms with Crippen LogP contribution >= 0.6 is 0 Å². The monoisotopic (exact) mass is 362 g/mol. The van der Waals surface area contributed by atoms with Crippen molar-refractivity contribution in [2.75, 3.05) is 11.9 Å². The van der Waals surface area contributed by atoms with E-state index in [-0.39, 0.29) is 12.1 Å². The van der Waals surface area contributed by atoms with Crippen LogP contribution in [-0.4, -0.2) is 27.6 Å². The van der Waals surface area contributed by atoms with Crippen molar-refractivity contribution in [3.63, 3.8) is 0 Å². The molecule has 1 saturated heterocycles. The van der Waals surface area contributed by atoms with Gasteiger partial charge in [0.2, 0.25) is 11.7 Å². The second-order valence-electron chi connectivity index (χ2n) is 6.83. The summed E-state index contributed by atoms with van der Waals surface area (Å²) >= 11 is 0. The van der Waals surface area contributed by atoms with Crippen molar-refractivity contribution in [1.82, 2.24) is 15.0 Å². The molecule has 27 heavy (non-hydrogen) atoms. The van der Waals surface area contributed by atoms with Gasteiger partial charge in [0, 0.05) is 17.8 Å². The molecule has 6 nitrogen and oxygen atoms in total. The van der Waals surface area contributed by atoms with Crippen LogP contribution in [0.15, 0.2) is 59.1 Å². The van der Waals surface area contributed by atoms with E-state index in [9.17, 15) is 4.79 Å². The first-order valence-corrected chi connectivity index (χ1v) is 9.24. The topological polar surface area (TPSA) is 71.3 Å². The summed E-state index contributed by atoms with van der Waals surface area (Å²) in [4.78, 5) is 19.2. The predicted molar refractivity (Wildman–Crippen MR) is 103 cm³/mol. The fraction of sp³-hybridized carbons (Fsp3) is 0.286. The number of aromatic nitrogens is 2. The molecule has 1 N–H and O–H groups in total. The molecule has 2 aromatic carbocycles. The molecule has 1 aliphatic heterocycles. The molecular formula is C21H22N4O2. The van der Waals surface area contributed by atoms with Crippen LogP contribution in [0.25, 0.3) is 11.4 Å². The molecule has 2 heterocycles. The maximum atomic E-state index is 12.9. The minimum Gasteiger partial charge on any atom is -0.337 e. The van der Waals surface area contributed by atoms with Gasteiger partial charge in [-0.25, -0.2) is 4.79 Å². The molecule has 4 rings (SSSR count). The highest BCUT2D eigenvalue weighted by Gasteiger charge is 2.32. The summed E-state index contributed by atoms with van der Waals surface area (Å²) in [5, 5.41) is 7.09. The zero-order valence-electron chi connectivity index (χ0n) is 15.3. The SMILES string of the molecule is Cc1cccc(NC(=O)N2CCCCC2c2nc(-c3ccccc3)no2)c1. The Morgan fingerprint density at radius 2 is 2.00 bits per heavy atom. The molecular weight excluding hydrogens is 340 g/mol. The van der Waals surface area contributed by atoms with Crippen molar-refractivity contribution in [3.05, 3.63) is 66.1 Å². The van der Waals surface area contributed by atoms with Gasteiger partial charge in [0.1, 0.15) is 6.04 Å². The van der Waals surface area contributed by atoms with E-state index in [4.69, 9.17) is 4.52 Å². The lowest BCUT2D eigenvalue weighted by Crippen LogP contribution is -2.41. The van der Waals surface area contributed by atoms with E-state index in [1.54, 1.807) is 4.90 Å². The van der Waals surface area contributed by atoms with Gasteiger partial charge in [-0.15, -0.1) is 0 Å². The molecule has 3 aromatic rings. The average Bonchev–Trinajstić information content (AvgIpc) is 3.19. The number of nitrogens with zero attached hydrogens (tertiary/aromatic N) is 3. The Hall–Kier alpha value is -3.15. The third-order valence-corrected chi connectivity index (χ3v) is 4.79. The lowest BCUT2D eigenvalue weighted by atomic mass is 10.0. The number of amides is 2. The van der Waals surface area contributed by atoms with Crippen LogP contribution in [0.2, 0.25) is 0 Å². The molecule has 1 atom stereocenters. The molecule has 1 aliphatic rings. The molecule has 1 aromatic heterocycles. The summed E-state index contributed by atoms with van der Waals surface area (Å²) in [6.07, 6.45) is 2.82. The highest BCUT2D eigenvalue weighted by Crippen LogP contribution is 2.31. The zero-order chi connectivity index (χ0) is 18.6. The van der Waals surface area contributed by atoms with Gasteiger partial charge in [0.25, 0.3) is 0 Å². The van der Waals surface area contributed by atoms with E-state index in [2.05, 4.69) is 15.5 Å². The summed E-state index contributed by atoms with van der Waals surface area (Å²) < 4.78 is 5.53. The third-order valence-electron chi connectivity index (χ3n) is 4.79. The number of piperidine rings is 1. The van der Waals surface area contributed by atoms with Gasteiger partial charge >= 0.3 is 6.03 Å². The summed E-state index contributed by atoms with van der Waals surface area (Å²) in [6, 6.07) is 17.2. The molecule has 138 valence electrons. The van der Waals surface area contributed by atoms with Gasteiger partial charge in [0.15, 0.2) is 0 Å². The van der Waals surface area contributed by atoms with Crippen molar-refractivity contribution in [3.8, 4) is 11.4 Å². The Morgan fingerprint density at radius 1 is 1.15 bits per heavy atom. The fourth-order valence-electron chi connectivity index (χ4n) is 3.42. The quantitative estimate of drug-likeness (QED) is 0.726. The predicted octanol–water partition coefficient (Wildman–Crippen LogP) is 4.80. The smallest absolute Gasteiger partial charge is 0.322 e. The number of urea groups is 1. The number of rotatable bonds is 3. The summed E-state index contributed by atoms with van der Waals surface area (Å²) in [6.45, 7) is 2.67. The Balaban J connectivity index is 1.54. The van der Waals surface area contributed by atoms with Gasteiger partial charge < -0.3 is 14.7 Å². The van der Waals surface area contributed by atoms with Crippen molar-refractivity contribution in [2.45, 2.75) is 32.2 Å². The third kappa shape index (κ3) is 3.84. The molecule has 0 bridgehead atoms. The van der Waals surface area contributed by atoms with Gasteiger partial charge in [0.05, 0.1) is 0 Å². The molecule has 1 unspecified atom stereocenters. The first-order chi connectivity index (χ1) is 13.2. The van der Waals surface area contributed by atoms with Crippen LogP contribution in [0.4, 0.5) is 10.5 Å². The van der Waals surface area contributed by atoms with Crippen LogP contribution in [0.3, 0.4) is 0 Å². The number of carbonyl (C=O) groups excluding carboxylic acids is 1. The van der Waals surface area contributed by atoms with Crippen molar-refractivity contribution >= 4 is 11.7 Å². The van der Waals surface area contributed by atoms with Gasteiger partial charge in [-0.2, -0.15) is 4.98 Å². The highest BCUT2D eigenvalue weighted by molar-refractivity contribution is 5.89. The van der Waals surface area contributed by atoms with Gasteiger partial charge in [-0.1, -0.05) is 47.6 Å². The number of anilines is 1. The Kier molecular flexibility index (Phi) is 4.87. The number of hydrogen-bond donors (Lipinski definition) is 1. The van der Waals surface area contributed by atoms with Crippen molar-refractivity contribution in [2.24, 2.45) is 0 Å². The van der Waals surface area contributed by atoms with Crippen molar-refractivity contribution in [1.29, 1.82) is 0 Å². The van der Waals surface area contributed by atoms with Crippen LogP contribution in [-0.2, 0) is 0 Å². The van der Waals surface area contributed by atoms with Gasteiger partial charge in [-0.05, 0) is 43.9 Å². The van der Waals surface area contributed by atoms with E-state index in [1.807, 2.05) is 61.5 Å². The van der Waals surface area contributed by atoms with E-state index in [1.165, 1.54) is 0 Å². The van der Waals surface area contributed by atoms with Crippen LogP contribution in [0.5, 0.6) is 0 Å². The van der Waals surface area contributed by atoms with Gasteiger partial charge in [-0.3, -0.25) is 0 Å². The Labute approximate surface area is 158 Å². The number of hydrogen-bond acceptors (Lipinski definition) is 4. The summed E-state index contributed by atoms with van der Waals surface area (Å²) in [7, 11) is 0. The molecule has 0 spiro atoms. The molecule has 0 saturated carbocycles. The largest absolute Gasteiger partial charge is 0.337 e. The number of carbonyl (C=O) groups is 1. The Bertz CT molecular complexity index is 923. The molecule has 0 aliphatic carbocycles. The van der Waals surface area contributed by atoms with Crippen LogP contribution in [0, 0.1) is 6.92 Å². The first kappa shape index (κ1) is 17.3. The number of aryl methyl sites for hydroxylation is 1. The van der Waals surface area contributed by atoms with Crippen molar-refractivity contribution < 1.29 is 9.32 Å². The molecule has 6 heteroatoms. The van der Waals surface area contributed by atoms with E-state index >= 15 is 0 Å². The Morgan fingerprint density at radius 3 is 2.81 bits per heavy atom. The maximum absolute atomic E-state index is 12.9. The number of likely N-dealkylation sites (tertiary alicyclic amines) is 1. The highest BCUT2D eigenvalue weighted by atomic mass is 16.5. The normalized spacial score (nSPS) is 16.9. The molecule has 2 amide bonds. The van der Waals surface area contributed by atoms with E-state index in [0.717, 1.165) is 36.1 Å². The fourth-order valence-corrected chi connectivity index (χ4v) is 3.42. The van der Waals surface area contributed by atoms with E-state index in [0.29, 0.717) is 18.3 Å². The zero-order valence-corrected chi connectivity index (χ0v) is 15.3. The summed E-state index contributed by atoms with van der Waals surface area (Å²) in [5.41, 5.74) is 2.80. The van der Waals surface area contributed by atoms with Crippen LogP contribution in [0.1, 0.15) is 36.8 Å². The minimum atomic E-state index is -0.200. The lowest BCUT2D eigenvalue weighted by Gasteiger charge is -2.33.